The first kappa shape index (κ1) is 26.4. The summed E-state index contributed by atoms with van der Waals surface area (Å²) >= 11 is 0. The van der Waals surface area contributed by atoms with Crippen molar-refractivity contribution in [3.63, 3.8) is 0 Å². The molecule has 1 aromatic heterocycles. The Morgan fingerprint density at radius 2 is 1.50 bits per heavy atom. The van der Waals surface area contributed by atoms with Crippen molar-refractivity contribution in [1.29, 1.82) is 0 Å². The maximum atomic E-state index is 12.7. The fraction of sp³-hybridized carbons (Fsp3) is 0.613. The zero-order chi connectivity index (χ0) is 24.0. The molecule has 1 aliphatic rings. The number of unbranched alkanes of at least 4 members (excludes halogenated alkanes) is 7. The van der Waals surface area contributed by atoms with E-state index in [4.69, 9.17) is 4.74 Å². The van der Waals surface area contributed by atoms with Crippen molar-refractivity contribution < 1.29 is 9.53 Å². The summed E-state index contributed by atoms with van der Waals surface area (Å²) in [7, 11) is 0. The number of esters is 1. The second kappa shape index (κ2) is 15.0. The van der Waals surface area contributed by atoms with Crippen LogP contribution >= 0.6 is 0 Å². The zero-order valence-electron chi connectivity index (χ0n) is 21.6. The first-order valence-electron chi connectivity index (χ1n) is 14.0. The molecule has 0 N–H and O–H groups in total. The first-order valence-corrected chi connectivity index (χ1v) is 14.0. The lowest BCUT2D eigenvalue weighted by molar-refractivity contribution is -0.140. The molecule has 0 spiro atoms. The third-order valence-electron chi connectivity index (χ3n) is 7.41. The number of nitrogens with zero attached hydrogens (tertiary/aromatic N) is 1. The fourth-order valence-corrected chi connectivity index (χ4v) is 5.12. The lowest BCUT2D eigenvalue weighted by Crippen LogP contribution is -2.25. The molecule has 0 saturated heterocycles. The Morgan fingerprint density at radius 1 is 0.824 bits per heavy atom. The summed E-state index contributed by atoms with van der Waals surface area (Å²) in [5, 5.41) is 0. The van der Waals surface area contributed by atoms with E-state index in [2.05, 4.69) is 31.0 Å². The Bertz CT molecular complexity index is 820. The van der Waals surface area contributed by atoms with Gasteiger partial charge >= 0.3 is 5.97 Å². The Labute approximate surface area is 207 Å². The predicted molar refractivity (Wildman–Crippen MR) is 142 cm³/mol. The largest absolute Gasteiger partial charge is 0.426 e. The molecule has 0 bridgehead atoms. The Hall–Kier alpha value is -2.16. The number of hydrogen-bond donors (Lipinski definition) is 0. The summed E-state index contributed by atoms with van der Waals surface area (Å²) in [4.78, 5) is 17.3. The summed E-state index contributed by atoms with van der Waals surface area (Å²) in [6.45, 7) is 4.50. The highest BCUT2D eigenvalue weighted by atomic mass is 16.5. The van der Waals surface area contributed by atoms with Gasteiger partial charge in [0.2, 0.25) is 0 Å². The molecule has 1 heterocycles. The van der Waals surface area contributed by atoms with E-state index < -0.39 is 0 Å². The standard InChI is InChI=1S/C31H45NO2/c1-3-5-7-9-11-12-25-14-17-28(18-15-25)31(33)34-29-21-19-27(20-22-29)30-23-16-26(24-32-30)13-10-8-6-4-2/h16,19-25,28H,3-15,17-18H2,1-2H3. The van der Waals surface area contributed by atoms with Crippen LogP contribution in [0.25, 0.3) is 11.3 Å². The lowest BCUT2D eigenvalue weighted by Gasteiger charge is -2.27. The summed E-state index contributed by atoms with van der Waals surface area (Å²) in [6, 6.07) is 12.1. The molecule has 186 valence electrons. The van der Waals surface area contributed by atoms with Gasteiger partial charge < -0.3 is 4.74 Å². The van der Waals surface area contributed by atoms with Gasteiger partial charge in [0, 0.05) is 11.8 Å². The predicted octanol–water partition coefficient (Wildman–Crippen LogP) is 8.94. The number of aromatic nitrogens is 1. The van der Waals surface area contributed by atoms with E-state index in [1.54, 1.807) is 0 Å². The highest BCUT2D eigenvalue weighted by Crippen LogP contribution is 2.33. The number of benzene rings is 1. The van der Waals surface area contributed by atoms with Crippen LogP contribution in [0.5, 0.6) is 5.75 Å². The van der Waals surface area contributed by atoms with E-state index >= 15 is 0 Å². The van der Waals surface area contributed by atoms with Crippen molar-refractivity contribution in [2.45, 2.75) is 110 Å². The van der Waals surface area contributed by atoms with Gasteiger partial charge in [0.1, 0.15) is 5.75 Å². The molecule has 0 amide bonds. The minimum absolute atomic E-state index is 0.0558. The molecule has 3 heteroatoms. The molecule has 1 aliphatic carbocycles. The van der Waals surface area contributed by atoms with Crippen LogP contribution in [0.4, 0.5) is 0 Å². The van der Waals surface area contributed by atoms with Gasteiger partial charge in [-0.3, -0.25) is 9.78 Å². The number of aryl methyl sites for hydroxylation is 1. The van der Waals surface area contributed by atoms with Crippen molar-refractivity contribution in [1.82, 2.24) is 4.98 Å². The van der Waals surface area contributed by atoms with Crippen molar-refractivity contribution in [3.05, 3.63) is 48.2 Å². The molecule has 0 unspecified atom stereocenters. The van der Waals surface area contributed by atoms with E-state index in [-0.39, 0.29) is 11.9 Å². The summed E-state index contributed by atoms with van der Waals surface area (Å²) in [6.07, 6.45) is 20.6. The van der Waals surface area contributed by atoms with Gasteiger partial charge in [-0.05, 0) is 80.3 Å². The molecule has 1 fully saturated rings. The highest BCUT2D eigenvalue weighted by Gasteiger charge is 2.27. The van der Waals surface area contributed by atoms with E-state index in [1.165, 1.54) is 82.6 Å². The number of pyridine rings is 1. The van der Waals surface area contributed by atoms with E-state index in [0.717, 1.165) is 36.4 Å². The maximum Gasteiger partial charge on any atom is 0.314 e. The van der Waals surface area contributed by atoms with Crippen LogP contribution in [0.15, 0.2) is 42.6 Å². The van der Waals surface area contributed by atoms with Crippen LogP contribution in [0.2, 0.25) is 0 Å². The summed E-state index contributed by atoms with van der Waals surface area (Å²) < 4.78 is 5.73. The van der Waals surface area contributed by atoms with Crippen molar-refractivity contribution in [2.24, 2.45) is 11.8 Å². The van der Waals surface area contributed by atoms with Crippen molar-refractivity contribution >= 4 is 5.97 Å². The zero-order valence-corrected chi connectivity index (χ0v) is 21.6. The van der Waals surface area contributed by atoms with Gasteiger partial charge in [-0.15, -0.1) is 0 Å². The maximum absolute atomic E-state index is 12.7. The molecular formula is C31H45NO2. The van der Waals surface area contributed by atoms with Crippen LogP contribution in [-0.4, -0.2) is 11.0 Å². The summed E-state index contributed by atoms with van der Waals surface area (Å²) in [5.41, 5.74) is 3.32. The molecule has 1 saturated carbocycles. The van der Waals surface area contributed by atoms with Crippen LogP contribution in [0.1, 0.15) is 109 Å². The average molecular weight is 464 g/mol. The third-order valence-corrected chi connectivity index (χ3v) is 7.41. The topological polar surface area (TPSA) is 39.2 Å². The fourth-order valence-electron chi connectivity index (χ4n) is 5.12. The van der Waals surface area contributed by atoms with Gasteiger partial charge in [-0.1, -0.05) is 77.7 Å². The molecule has 0 atom stereocenters. The molecule has 1 aromatic carbocycles. The Kier molecular flexibility index (Phi) is 11.6. The second-order valence-corrected chi connectivity index (χ2v) is 10.2. The second-order valence-electron chi connectivity index (χ2n) is 10.2. The number of hydrogen-bond acceptors (Lipinski definition) is 3. The van der Waals surface area contributed by atoms with E-state index in [0.29, 0.717) is 5.75 Å². The number of carbonyl (C=O) groups excluding carboxylic acids is 1. The average Bonchev–Trinajstić information content (AvgIpc) is 2.88. The molecule has 3 rings (SSSR count). The molecule has 34 heavy (non-hydrogen) atoms. The molecular weight excluding hydrogens is 418 g/mol. The van der Waals surface area contributed by atoms with Crippen molar-refractivity contribution in [2.75, 3.05) is 0 Å². The summed E-state index contributed by atoms with van der Waals surface area (Å²) in [5.74, 6) is 1.45. The number of ether oxygens (including phenoxy) is 1. The monoisotopic (exact) mass is 463 g/mol. The van der Waals surface area contributed by atoms with Gasteiger partial charge in [-0.25, -0.2) is 0 Å². The van der Waals surface area contributed by atoms with Crippen LogP contribution in [-0.2, 0) is 11.2 Å². The molecule has 2 aromatic rings. The van der Waals surface area contributed by atoms with Gasteiger partial charge in [-0.2, -0.15) is 0 Å². The lowest BCUT2D eigenvalue weighted by atomic mass is 9.80. The molecule has 3 nitrogen and oxygen atoms in total. The first-order chi connectivity index (χ1) is 16.7. The van der Waals surface area contributed by atoms with Gasteiger partial charge in [0.25, 0.3) is 0 Å². The van der Waals surface area contributed by atoms with E-state index in [1.807, 2.05) is 30.5 Å². The number of carbonyl (C=O) groups is 1. The minimum atomic E-state index is -0.0558. The molecule has 0 radical (unpaired) electrons. The van der Waals surface area contributed by atoms with Crippen LogP contribution < -0.4 is 4.74 Å². The van der Waals surface area contributed by atoms with E-state index in [9.17, 15) is 4.79 Å². The third kappa shape index (κ3) is 8.89. The smallest absolute Gasteiger partial charge is 0.314 e. The SMILES string of the molecule is CCCCCCCC1CCC(C(=O)Oc2ccc(-c3ccc(CCCCCC)cn3)cc2)CC1. The number of rotatable bonds is 14. The van der Waals surface area contributed by atoms with Gasteiger partial charge in [0.15, 0.2) is 0 Å². The van der Waals surface area contributed by atoms with Gasteiger partial charge in [0.05, 0.1) is 11.6 Å². The van der Waals surface area contributed by atoms with Crippen LogP contribution in [0, 0.1) is 11.8 Å². The minimum Gasteiger partial charge on any atom is -0.426 e. The normalized spacial score (nSPS) is 18.1. The Morgan fingerprint density at radius 3 is 2.15 bits per heavy atom. The highest BCUT2D eigenvalue weighted by molar-refractivity contribution is 5.75. The van der Waals surface area contributed by atoms with Crippen LogP contribution in [0.3, 0.4) is 0 Å². The Balaban J connectivity index is 1.40. The van der Waals surface area contributed by atoms with Crippen molar-refractivity contribution in [3.8, 4) is 17.0 Å². The molecule has 0 aliphatic heterocycles. The quantitative estimate of drug-likeness (QED) is 0.159.